The topological polar surface area (TPSA) is 18.5 Å². The largest absolute Gasteiger partial charge is 0.460 e. The molecule has 0 unspecified atom stereocenters. The van der Waals surface area contributed by atoms with Crippen LogP contribution in [-0.2, 0) is 9.31 Å². The highest BCUT2D eigenvalue weighted by Crippen LogP contribution is 2.49. The van der Waals surface area contributed by atoms with Crippen molar-refractivity contribution >= 4 is 7.12 Å². The first kappa shape index (κ1) is 11.2. The molecule has 2 rings (SSSR count). The summed E-state index contributed by atoms with van der Waals surface area (Å²) in [7, 11) is 0.0968. The third-order valence-corrected chi connectivity index (χ3v) is 3.20. The Bertz CT molecular complexity index is 212. The first-order valence-electron chi connectivity index (χ1n) is 6.31. The molecule has 2 fully saturated rings. The van der Waals surface area contributed by atoms with Gasteiger partial charge in [0.2, 0.25) is 0 Å². The minimum Gasteiger partial charge on any atom is -0.411 e. The van der Waals surface area contributed by atoms with Gasteiger partial charge in [-0.15, -0.1) is 0 Å². The Morgan fingerprint density at radius 2 is 2.13 bits per heavy atom. The van der Waals surface area contributed by atoms with Gasteiger partial charge < -0.3 is 9.31 Å². The molecule has 2 nitrogen and oxygen atoms in total. The Labute approximate surface area is 93.2 Å². The fraction of sp³-hybridized carbons (Fsp3) is 0.833. The summed E-state index contributed by atoms with van der Waals surface area (Å²) in [6.45, 7) is 4.00. The van der Waals surface area contributed by atoms with Crippen LogP contribution in [0.4, 0.5) is 0 Å². The average Bonchev–Trinajstić information content (AvgIpc) is 3.05. The van der Waals surface area contributed by atoms with Crippen molar-refractivity contribution in [3.8, 4) is 0 Å². The lowest BCUT2D eigenvalue weighted by atomic mass is 9.79. The molecule has 1 saturated heterocycles. The quantitative estimate of drug-likeness (QED) is 0.392. The second kappa shape index (κ2) is 5.71. The Balaban J connectivity index is 1.64. The van der Waals surface area contributed by atoms with Gasteiger partial charge in [0.1, 0.15) is 0 Å². The van der Waals surface area contributed by atoms with Crippen LogP contribution in [0.1, 0.15) is 39.0 Å². The van der Waals surface area contributed by atoms with Crippen LogP contribution in [0.3, 0.4) is 0 Å². The van der Waals surface area contributed by atoms with Crippen molar-refractivity contribution in [1.29, 1.82) is 0 Å². The Hall–Kier alpha value is -0.275. The predicted molar refractivity (Wildman–Crippen MR) is 62.8 cm³/mol. The minimum atomic E-state index is 0.0968. The van der Waals surface area contributed by atoms with Crippen molar-refractivity contribution in [3.63, 3.8) is 0 Å². The summed E-state index contributed by atoms with van der Waals surface area (Å²) in [5, 5.41) is 0. The lowest BCUT2D eigenvalue weighted by Gasteiger charge is -2.19. The molecule has 1 aliphatic heterocycles. The molecule has 3 heteroatoms. The van der Waals surface area contributed by atoms with Crippen LogP contribution < -0.4 is 0 Å². The Kier molecular flexibility index (Phi) is 4.27. The third-order valence-electron chi connectivity index (χ3n) is 3.20. The molecule has 0 bridgehead atoms. The maximum Gasteiger partial charge on any atom is 0.460 e. The maximum atomic E-state index is 5.60. The van der Waals surface area contributed by atoms with Crippen molar-refractivity contribution in [2.24, 2.45) is 5.92 Å². The van der Waals surface area contributed by atoms with E-state index in [1.807, 2.05) is 0 Å². The van der Waals surface area contributed by atoms with E-state index in [-0.39, 0.29) is 7.12 Å². The number of unbranched alkanes of at least 4 members (excludes halogenated alkanes) is 2. The van der Waals surface area contributed by atoms with E-state index in [9.17, 15) is 0 Å². The zero-order valence-corrected chi connectivity index (χ0v) is 9.65. The van der Waals surface area contributed by atoms with Gasteiger partial charge in [0.05, 0.1) is 0 Å². The molecule has 15 heavy (non-hydrogen) atoms. The highest BCUT2D eigenvalue weighted by atomic mass is 16.6. The summed E-state index contributed by atoms with van der Waals surface area (Å²) in [5.74, 6) is 1.37. The molecule has 1 saturated carbocycles. The van der Waals surface area contributed by atoms with E-state index >= 15 is 0 Å². The van der Waals surface area contributed by atoms with Gasteiger partial charge in [-0.05, 0) is 25.2 Å². The van der Waals surface area contributed by atoms with Gasteiger partial charge in [0, 0.05) is 19.0 Å². The first-order valence-corrected chi connectivity index (χ1v) is 6.31. The Morgan fingerprint density at radius 1 is 1.33 bits per heavy atom. The summed E-state index contributed by atoms with van der Waals surface area (Å²) in [6, 6.07) is 0. The normalized spacial score (nSPS) is 31.1. The lowest BCUT2D eigenvalue weighted by Crippen LogP contribution is -2.30. The minimum absolute atomic E-state index is 0.0968. The smallest absolute Gasteiger partial charge is 0.411 e. The van der Waals surface area contributed by atoms with Crippen molar-refractivity contribution < 1.29 is 9.31 Å². The van der Waals surface area contributed by atoms with Crippen LogP contribution in [0.25, 0.3) is 0 Å². The zero-order valence-electron chi connectivity index (χ0n) is 9.65. The van der Waals surface area contributed by atoms with Crippen LogP contribution in [0.5, 0.6) is 0 Å². The standard InChI is InChI=1S/C12H21BO2/c1-2-3-4-5-7-11-10-12(11)13-14-8-6-9-15-13/h5,7,11-12H,2-4,6,8-10H2,1H3/b7-5+/t11-,12-/m1/s1. The molecule has 0 aromatic rings. The Morgan fingerprint density at radius 3 is 2.87 bits per heavy atom. The van der Waals surface area contributed by atoms with Crippen LogP contribution in [0, 0.1) is 5.92 Å². The second-order valence-corrected chi connectivity index (χ2v) is 4.60. The predicted octanol–water partition coefficient (Wildman–Crippen LogP) is 3.05. The van der Waals surface area contributed by atoms with Crippen LogP contribution >= 0.6 is 0 Å². The summed E-state index contributed by atoms with van der Waals surface area (Å²) in [4.78, 5) is 0. The molecule has 0 N–H and O–H groups in total. The summed E-state index contributed by atoms with van der Waals surface area (Å²) in [6.07, 6.45) is 10.8. The molecular formula is C12H21BO2. The van der Waals surface area contributed by atoms with Gasteiger partial charge in [-0.2, -0.15) is 0 Å². The van der Waals surface area contributed by atoms with E-state index < -0.39 is 0 Å². The van der Waals surface area contributed by atoms with Crippen molar-refractivity contribution in [3.05, 3.63) is 12.2 Å². The van der Waals surface area contributed by atoms with Crippen molar-refractivity contribution in [2.75, 3.05) is 13.2 Å². The molecule has 2 atom stereocenters. The van der Waals surface area contributed by atoms with E-state index in [1.165, 1.54) is 25.7 Å². The zero-order chi connectivity index (χ0) is 10.5. The van der Waals surface area contributed by atoms with Gasteiger partial charge in [0.25, 0.3) is 0 Å². The molecule has 0 aromatic carbocycles. The summed E-state index contributed by atoms with van der Waals surface area (Å²) in [5.41, 5.74) is 0. The molecule has 2 aliphatic rings. The molecule has 0 spiro atoms. The summed E-state index contributed by atoms with van der Waals surface area (Å²) >= 11 is 0. The van der Waals surface area contributed by atoms with E-state index in [1.54, 1.807) is 0 Å². The van der Waals surface area contributed by atoms with Crippen molar-refractivity contribution in [2.45, 2.75) is 44.8 Å². The van der Waals surface area contributed by atoms with Gasteiger partial charge >= 0.3 is 7.12 Å². The van der Waals surface area contributed by atoms with Gasteiger partial charge in [0.15, 0.2) is 0 Å². The van der Waals surface area contributed by atoms with Crippen molar-refractivity contribution in [1.82, 2.24) is 0 Å². The van der Waals surface area contributed by atoms with E-state index in [2.05, 4.69) is 19.1 Å². The highest BCUT2D eigenvalue weighted by Gasteiger charge is 2.47. The van der Waals surface area contributed by atoms with Gasteiger partial charge in [-0.3, -0.25) is 0 Å². The highest BCUT2D eigenvalue weighted by molar-refractivity contribution is 6.47. The van der Waals surface area contributed by atoms with E-state index in [4.69, 9.17) is 9.31 Å². The fourth-order valence-corrected chi connectivity index (χ4v) is 2.12. The van der Waals surface area contributed by atoms with Gasteiger partial charge in [-0.1, -0.05) is 31.9 Å². The van der Waals surface area contributed by atoms with E-state index in [0.29, 0.717) is 5.82 Å². The number of hydrogen-bond donors (Lipinski definition) is 0. The molecule has 0 radical (unpaired) electrons. The molecular weight excluding hydrogens is 187 g/mol. The first-order chi connectivity index (χ1) is 7.42. The monoisotopic (exact) mass is 208 g/mol. The molecule has 0 amide bonds. The SMILES string of the molecule is CCCC/C=C/[C@@H]1C[C@H]1B1OCCCO1. The number of hydrogen-bond acceptors (Lipinski definition) is 2. The van der Waals surface area contributed by atoms with Gasteiger partial charge in [-0.25, -0.2) is 0 Å². The fourth-order valence-electron chi connectivity index (χ4n) is 2.12. The van der Waals surface area contributed by atoms with Crippen LogP contribution in [0.15, 0.2) is 12.2 Å². The molecule has 0 aromatic heterocycles. The molecule has 1 heterocycles. The number of rotatable bonds is 5. The molecule has 1 aliphatic carbocycles. The third kappa shape index (κ3) is 3.35. The van der Waals surface area contributed by atoms with Crippen LogP contribution in [-0.4, -0.2) is 20.3 Å². The number of allylic oxidation sites excluding steroid dienone is 2. The van der Waals surface area contributed by atoms with Crippen LogP contribution in [0.2, 0.25) is 5.82 Å². The van der Waals surface area contributed by atoms with E-state index in [0.717, 1.165) is 25.6 Å². The second-order valence-electron chi connectivity index (χ2n) is 4.60. The summed E-state index contributed by atoms with van der Waals surface area (Å²) < 4.78 is 11.2. The lowest BCUT2D eigenvalue weighted by molar-refractivity contribution is 0.132. The average molecular weight is 208 g/mol. The molecule has 84 valence electrons. The maximum absolute atomic E-state index is 5.60.